The maximum atomic E-state index is 13.5. The number of aromatic nitrogens is 1. The number of carbonyl (C=O) groups excluding carboxylic acids is 3. The Morgan fingerprint density at radius 2 is 1.81 bits per heavy atom. The summed E-state index contributed by atoms with van der Waals surface area (Å²) in [5.74, 6) is -3.73. The molecule has 0 bridgehead atoms. The fourth-order valence-corrected chi connectivity index (χ4v) is 3.88. The van der Waals surface area contributed by atoms with Gasteiger partial charge in [0.15, 0.2) is 17.3 Å². The van der Waals surface area contributed by atoms with Gasteiger partial charge in [0.2, 0.25) is 5.92 Å². The number of Topliss-reactive ketones (excluding diaryl/α,β-unsaturated/α-hetero) is 1. The second kappa shape index (κ2) is 8.06. The van der Waals surface area contributed by atoms with Crippen LogP contribution in [0.25, 0.3) is 0 Å². The molecule has 1 aromatic carbocycles. The highest BCUT2D eigenvalue weighted by atomic mass is 19.3. The molecule has 3 amide bonds. The Morgan fingerprint density at radius 1 is 1.12 bits per heavy atom. The van der Waals surface area contributed by atoms with Crippen LogP contribution in [-0.2, 0) is 4.79 Å². The molecule has 2 heterocycles. The molecule has 1 aliphatic heterocycles. The van der Waals surface area contributed by atoms with Gasteiger partial charge in [0.25, 0.3) is 5.91 Å². The van der Waals surface area contributed by atoms with E-state index in [-0.39, 0.29) is 29.9 Å². The molecule has 166 valence electrons. The zero-order valence-corrected chi connectivity index (χ0v) is 16.8. The lowest BCUT2D eigenvalue weighted by Crippen LogP contribution is -2.51. The van der Waals surface area contributed by atoms with Gasteiger partial charge in [0.05, 0.1) is 6.54 Å². The van der Waals surface area contributed by atoms with Crippen molar-refractivity contribution in [2.75, 3.05) is 11.9 Å². The number of alkyl halides is 2. The summed E-state index contributed by atoms with van der Waals surface area (Å²) in [4.78, 5) is 53.4. The molecule has 2 aliphatic rings. The fourth-order valence-electron chi connectivity index (χ4n) is 3.88. The number of pyridine rings is 1. The number of nitrogens with one attached hydrogen (secondary N) is 2. The summed E-state index contributed by atoms with van der Waals surface area (Å²) < 4.78 is 27.0. The molecule has 1 aliphatic carbocycles. The number of hydrogen-bond acceptors (Lipinski definition) is 7. The largest absolute Gasteiger partial charge is 0.338 e. The molecule has 1 aromatic heterocycles. The fraction of sp³-hybridized carbons (Fsp3) is 0.333. The lowest BCUT2D eigenvalue weighted by atomic mass is 9.80. The number of imide groups is 1. The van der Waals surface area contributed by atoms with E-state index in [1.54, 1.807) is 18.2 Å². The van der Waals surface area contributed by atoms with Crippen LogP contribution in [0.3, 0.4) is 0 Å². The van der Waals surface area contributed by atoms with E-state index in [0.29, 0.717) is 5.69 Å². The number of benzene rings is 1. The lowest BCUT2D eigenvalue weighted by Gasteiger charge is -2.34. The van der Waals surface area contributed by atoms with Crippen LogP contribution in [0, 0.1) is 4.91 Å². The first-order valence-corrected chi connectivity index (χ1v) is 9.94. The number of ketones is 1. The minimum Gasteiger partial charge on any atom is -0.338 e. The van der Waals surface area contributed by atoms with Gasteiger partial charge >= 0.3 is 6.03 Å². The van der Waals surface area contributed by atoms with E-state index in [0.717, 1.165) is 4.90 Å². The molecule has 2 N–H and O–H groups in total. The van der Waals surface area contributed by atoms with Crippen molar-refractivity contribution in [1.82, 2.24) is 15.2 Å². The molecule has 2 fully saturated rings. The van der Waals surface area contributed by atoms with E-state index in [1.165, 1.54) is 24.4 Å². The molecule has 11 heteroatoms. The summed E-state index contributed by atoms with van der Waals surface area (Å²) in [6.07, 6.45) is 0.175. The van der Waals surface area contributed by atoms with Gasteiger partial charge in [0, 0.05) is 30.3 Å². The highest BCUT2D eigenvalue weighted by Crippen LogP contribution is 2.41. The van der Waals surface area contributed by atoms with Crippen LogP contribution >= 0.6 is 0 Å². The standard InChI is InChI=1S/C21H19F2N5O4/c22-21(23)9-7-20(8-10-21)18(30)28(19(31)26-20)12-16(29)13-3-5-14(6-4-13)25-17-15(27-32)2-1-11-24-17/h1-6,11H,7-10,12H2,(H,24,25)(H,26,31). The molecule has 4 rings (SSSR count). The summed E-state index contributed by atoms with van der Waals surface area (Å²) in [5.41, 5.74) is -0.440. The van der Waals surface area contributed by atoms with Crippen molar-refractivity contribution in [3.8, 4) is 0 Å². The number of hydrogen-bond donors (Lipinski definition) is 2. The lowest BCUT2D eigenvalue weighted by molar-refractivity contribution is -0.135. The monoisotopic (exact) mass is 443 g/mol. The molecule has 9 nitrogen and oxygen atoms in total. The van der Waals surface area contributed by atoms with Gasteiger partial charge in [-0.1, -0.05) is 0 Å². The molecular weight excluding hydrogens is 424 g/mol. The topological polar surface area (TPSA) is 121 Å². The van der Waals surface area contributed by atoms with E-state index in [2.05, 4.69) is 20.8 Å². The molecule has 0 unspecified atom stereocenters. The van der Waals surface area contributed by atoms with Crippen LogP contribution in [-0.4, -0.2) is 45.6 Å². The Kier molecular flexibility index (Phi) is 5.41. The zero-order chi connectivity index (χ0) is 22.9. The summed E-state index contributed by atoms with van der Waals surface area (Å²) in [6.45, 7) is -0.491. The Balaban J connectivity index is 1.42. The predicted octanol–water partition coefficient (Wildman–Crippen LogP) is 3.91. The van der Waals surface area contributed by atoms with Crippen molar-refractivity contribution < 1.29 is 23.2 Å². The minimum absolute atomic E-state index is 0.126. The maximum Gasteiger partial charge on any atom is 0.325 e. The average Bonchev–Trinajstić information content (AvgIpc) is 3.01. The Morgan fingerprint density at radius 3 is 2.47 bits per heavy atom. The first-order chi connectivity index (χ1) is 15.2. The number of nitroso groups, excluding NO2 is 1. The quantitative estimate of drug-likeness (QED) is 0.397. The van der Waals surface area contributed by atoms with Crippen LogP contribution in [0.15, 0.2) is 47.8 Å². The molecular formula is C21H19F2N5O4. The molecule has 2 aromatic rings. The van der Waals surface area contributed by atoms with Gasteiger partial charge in [-0.15, -0.1) is 4.91 Å². The highest BCUT2D eigenvalue weighted by Gasteiger charge is 2.55. The maximum absolute atomic E-state index is 13.5. The summed E-state index contributed by atoms with van der Waals surface area (Å²) in [5, 5.41) is 8.31. The van der Waals surface area contributed by atoms with E-state index in [9.17, 15) is 28.1 Å². The van der Waals surface area contributed by atoms with Crippen molar-refractivity contribution in [1.29, 1.82) is 0 Å². The smallest absolute Gasteiger partial charge is 0.325 e. The summed E-state index contributed by atoms with van der Waals surface area (Å²) >= 11 is 0. The van der Waals surface area contributed by atoms with Crippen molar-refractivity contribution >= 4 is 34.9 Å². The number of urea groups is 1. The Hall–Kier alpha value is -3.76. The van der Waals surface area contributed by atoms with E-state index < -0.39 is 48.6 Å². The number of nitrogens with zero attached hydrogens (tertiary/aromatic N) is 3. The first-order valence-electron chi connectivity index (χ1n) is 9.94. The molecule has 1 spiro atoms. The number of rotatable bonds is 6. The van der Waals surface area contributed by atoms with Crippen molar-refractivity contribution in [3.05, 3.63) is 53.1 Å². The normalized spacial score (nSPS) is 19.0. The summed E-state index contributed by atoms with van der Waals surface area (Å²) in [7, 11) is 0. The molecule has 0 radical (unpaired) electrons. The number of halogens is 2. The third-order valence-electron chi connectivity index (χ3n) is 5.74. The Bertz CT molecular complexity index is 1080. The van der Waals surface area contributed by atoms with E-state index in [1.807, 2.05) is 0 Å². The van der Waals surface area contributed by atoms with Crippen molar-refractivity contribution in [2.24, 2.45) is 5.18 Å². The van der Waals surface area contributed by atoms with Gasteiger partial charge in [0.1, 0.15) is 5.54 Å². The predicted molar refractivity (Wildman–Crippen MR) is 110 cm³/mol. The minimum atomic E-state index is -2.85. The second-order valence-corrected chi connectivity index (χ2v) is 7.85. The van der Waals surface area contributed by atoms with Crippen molar-refractivity contribution in [3.63, 3.8) is 0 Å². The molecule has 32 heavy (non-hydrogen) atoms. The average molecular weight is 443 g/mol. The van der Waals surface area contributed by atoms with Crippen LogP contribution < -0.4 is 10.6 Å². The highest BCUT2D eigenvalue weighted by molar-refractivity contribution is 6.11. The van der Waals surface area contributed by atoms with Gasteiger partial charge in [-0.2, -0.15) is 0 Å². The third kappa shape index (κ3) is 4.05. The van der Waals surface area contributed by atoms with Crippen LogP contribution in [0.1, 0.15) is 36.0 Å². The molecule has 0 atom stereocenters. The van der Waals surface area contributed by atoms with Gasteiger partial charge < -0.3 is 10.6 Å². The third-order valence-corrected chi connectivity index (χ3v) is 5.74. The first kappa shape index (κ1) is 21.5. The summed E-state index contributed by atoms with van der Waals surface area (Å²) in [6, 6.07) is 8.46. The SMILES string of the molecule is O=Nc1cccnc1Nc1ccc(C(=O)CN2C(=O)NC3(CCC(F)(F)CC3)C2=O)cc1. The molecule has 1 saturated carbocycles. The zero-order valence-electron chi connectivity index (χ0n) is 16.8. The van der Waals surface area contributed by atoms with Crippen molar-refractivity contribution in [2.45, 2.75) is 37.1 Å². The Labute approximate surface area is 181 Å². The van der Waals surface area contributed by atoms with Gasteiger partial charge in [-0.3, -0.25) is 14.5 Å². The number of anilines is 2. The van der Waals surface area contributed by atoms with Crippen LogP contribution in [0.4, 0.5) is 30.8 Å². The van der Waals surface area contributed by atoms with E-state index >= 15 is 0 Å². The van der Waals surface area contributed by atoms with E-state index in [4.69, 9.17) is 0 Å². The van der Waals surface area contributed by atoms with Crippen LogP contribution in [0.2, 0.25) is 0 Å². The van der Waals surface area contributed by atoms with Gasteiger partial charge in [-0.25, -0.2) is 18.6 Å². The second-order valence-electron chi connectivity index (χ2n) is 7.85. The molecule has 1 saturated heterocycles. The van der Waals surface area contributed by atoms with Gasteiger partial charge in [-0.05, 0) is 54.4 Å². The number of carbonyl (C=O) groups is 3. The number of amides is 3. The van der Waals surface area contributed by atoms with Crippen LogP contribution in [0.5, 0.6) is 0 Å².